The average Bonchev–Trinajstić information content (AvgIpc) is 3.87. The Kier molecular flexibility index (Phi) is 18.8. The number of fused-ring (bicyclic) bond motifs is 1. The minimum Gasteiger partial charge on any atom is -0.872 e. The fourth-order valence-electron chi connectivity index (χ4n) is 6.20. The number of benzene rings is 1. The predicted octanol–water partition coefficient (Wildman–Crippen LogP) is -1.34. The number of nitrogens with one attached hydrogen (secondary N) is 5. The number of carbonyl (C=O) groups is 5. The maximum atomic E-state index is 13.7. The largest absolute Gasteiger partial charge is 2.00 e. The van der Waals surface area contributed by atoms with E-state index < -0.39 is 35.8 Å². The average molecular weight is 826 g/mol. The van der Waals surface area contributed by atoms with E-state index in [1.165, 1.54) is 24.8 Å². The maximum absolute atomic E-state index is 13.7. The Hall–Kier alpha value is -4.84. The second-order valence-electron chi connectivity index (χ2n) is 13.2. The van der Waals surface area contributed by atoms with Gasteiger partial charge in [0.25, 0.3) is 0 Å². The topological polar surface area (TPSA) is 298 Å². The number of urea groups is 1. The van der Waals surface area contributed by atoms with E-state index in [0.717, 1.165) is 25.0 Å². The molecule has 6 atom stereocenters. The zero-order valence-electron chi connectivity index (χ0n) is 30.4. The van der Waals surface area contributed by atoms with Gasteiger partial charge in [0.1, 0.15) is 18.1 Å². The van der Waals surface area contributed by atoms with Crippen LogP contribution in [0.4, 0.5) is 4.79 Å². The van der Waals surface area contributed by atoms with Gasteiger partial charge in [-0.2, -0.15) is 11.8 Å². The summed E-state index contributed by atoms with van der Waals surface area (Å²) in [4.78, 5) is 79.9. The number of imidazole rings is 1. The van der Waals surface area contributed by atoms with Crippen molar-refractivity contribution in [1.29, 1.82) is 0 Å². The molecular formula is C35H50N12NiO6S. The number of unbranched alkanes of at least 4 members (excludes halogenated alkanes) is 2. The van der Waals surface area contributed by atoms with Crippen LogP contribution in [0.3, 0.4) is 0 Å². The van der Waals surface area contributed by atoms with Crippen LogP contribution < -0.4 is 53.9 Å². The number of hydrogen-bond donors (Lipinski definition) is 8. The number of amides is 6. The molecular weight excluding hydrogens is 775 g/mol. The van der Waals surface area contributed by atoms with E-state index in [1.807, 2.05) is 11.8 Å². The molecule has 3 unspecified atom stereocenters. The number of aliphatic imine (C=N–C) groups is 2. The van der Waals surface area contributed by atoms with E-state index in [4.69, 9.17) is 17.2 Å². The van der Waals surface area contributed by atoms with Gasteiger partial charge in [0.15, 0.2) is 5.96 Å². The molecule has 2 saturated heterocycles. The Labute approximate surface area is 334 Å². The van der Waals surface area contributed by atoms with Crippen molar-refractivity contribution in [2.24, 2.45) is 27.2 Å². The number of hydrogen-bond acceptors (Lipinski definition) is 10. The van der Waals surface area contributed by atoms with Gasteiger partial charge in [0, 0.05) is 36.7 Å². The Morgan fingerprint density at radius 2 is 1.80 bits per heavy atom. The first kappa shape index (κ1) is 44.6. The van der Waals surface area contributed by atoms with Gasteiger partial charge >= 0.3 is 22.5 Å². The second-order valence-corrected chi connectivity index (χ2v) is 14.5. The molecule has 0 saturated carbocycles. The molecule has 2 aromatic rings. The van der Waals surface area contributed by atoms with E-state index in [1.54, 1.807) is 18.2 Å². The van der Waals surface area contributed by atoms with Crippen LogP contribution in [0, 0.1) is 0 Å². The van der Waals surface area contributed by atoms with Crippen LogP contribution in [0.15, 0.2) is 46.8 Å². The van der Waals surface area contributed by atoms with Crippen LogP contribution in [0.5, 0.6) is 5.75 Å². The Morgan fingerprint density at radius 1 is 1.02 bits per heavy atom. The molecule has 2 aliphatic rings. The maximum Gasteiger partial charge on any atom is 2.00 e. The number of rotatable bonds is 23. The molecule has 1 aromatic heterocycles. The van der Waals surface area contributed by atoms with Crippen LogP contribution in [0.1, 0.15) is 69.0 Å². The number of aromatic nitrogens is 2. The van der Waals surface area contributed by atoms with Gasteiger partial charge in [-0.3, -0.25) is 29.2 Å². The third kappa shape index (κ3) is 15.1. The molecule has 4 rings (SSSR count). The summed E-state index contributed by atoms with van der Waals surface area (Å²) < 4.78 is 0. The number of thioether (sulfide) groups is 1. The molecule has 11 N–H and O–H groups in total. The van der Waals surface area contributed by atoms with Gasteiger partial charge in [-0.1, -0.05) is 48.9 Å². The van der Waals surface area contributed by atoms with Crippen molar-refractivity contribution in [2.45, 2.75) is 99.7 Å². The van der Waals surface area contributed by atoms with Crippen LogP contribution in [-0.2, 0) is 42.1 Å². The van der Waals surface area contributed by atoms with Crippen molar-refractivity contribution in [3.05, 3.63) is 48.0 Å². The first-order valence-electron chi connectivity index (χ1n) is 18.1. The summed E-state index contributed by atoms with van der Waals surface area (Å²) in [6.45, 7) is 0.626. The van der Waals surface area contributed by atoms with Crippen molar-refractivity contribution in [2.75, 3.05) is 18.8 Å². The minimum absolute atomic E-state index is 0. The first-order valence-corrected chi connectivity index (χ1v) is 19.2. The van der Waals surface area contributed by atoms with E-state index >= 15 is 0 Å². The van der Waals surface area contributed by atoms with Crippen LogP contribution in [0.2, 0.25) is 0 Å². The molecule has 0 radical (unpaired) electrons. The summed E-state index contributed by atoms with van der Waals surface area (Å²) in [5.74, 6) is -1.54. The molecule has 302 valence electrons. The summed E-state index contributed by atoms with van der Waals surface area (Å²) >= 11 is 1.85. The normalized spacial score (nSPS) is 18.8. The molecule has 3 heterocycles. The molecule has 6 amide bonds. The molecule has 20 heteroatoms. The Bertz CT molecular complexity index is 1630. The number of primary amides is 1. The molecule has 2 fully saturated rings. The van der Waals surface area contributed by atoms with Crippen molar-refractivity contribution >= 4 is 53.6 Å². The SMILES string of the molecule is NC(=O)[C@H](CCCN=C(N)N)NC(=O)[C@H](Cc1c[n-]cn1)NC(=O)[C@H](CCCCNC(=O)CCCCC1SCC2NC(=O)NC21)N=Cc1ccccc1[O-].[Ni+2]. The summed E-state index contributed by atoms with van der Waals surface area (Å²) in [6.07, 6.45) is 8.85. The zero-order valence-corrected chi connectivity index (χ0v) is 32.2. The monoisotopic (exact) mass is 824 g/mol. The first-order chi connectivity index (χ1) is 26.0. The Morgan fingerprint density at radius 3 is 2.53 bits per heavy atom. The molecule has 0 aliphatic carbocycles. The predicted molar refractivity (Wildman–Crippen MR) is 202 cm³/mol. The third-order valence-corrected chi connectivity index (χ3v) is 10.6. The number of nitrogens with two attached hydrogens (primary N) is 3. The minimum atomic E-state index is -1.17. The molecule has 18 nitrogen and oxygen atoms in total. The Balaban J connectivity index is 0.00000812. The molecule has 2 aliphatic heterocycles. The number of para-hydroxylation sites is 1. The summed E-state index contributed by atoms with van der Waals surface area (Å²) in [6, 6.07) is 3.27. The van der Waals surface area contributed by atoms with E-state index in [-0.39, 0.29) is 78.0 Å². The summed E-state index contributed by atoms with van der Waals surface area (Å²) in [7, 11) is 0. The van der Waals surface area contributed by atoms with Crippen molar-refractivity contribution in [3.8, 4) is 5.75 Å². The van der Waals surface area contributed by atoms with Gasteiger partial charge in [-0.25, -0.2) is 4.79 Å². The van der Waals surface area contributed by atoms with E-state index in [9.17, 15) is 29.1 Å². The molecule has 0 spiro atoms. The number of carbonyl (C=O) groups excluding carboxylic acids is 5. The second kappa shape index (κ2) is 23.2. The molecule has 0 bridgehead atoms. The summed E-state index contributed by atoms with van der Waals surface area (Å²) in [5.41, 5.74) is 17.0. The smallest absolute Gasteiger partial charge is 0.872 e. The number of guanidine groups is 1. The van der Waals surface area contributed by atoms with Crippen LogP contribution in [0.25, 0.3) is 0 Å². The van der Waals surface area contributed by atoms with Gasteiger partial charge in [-0.15, -0.1) is 5.75 Å². The van der Waals surface area contributed by atoms with Gasteiger partial charge in [0.05, 0.1) is 12.1 Å². The fraction of sp³-hybridized carbons (Fsp3) is 0.543. The van der Waals surface area contributed by atoms with Crippen LogP contribution in [-0.4, -0.2) is 101 Å². The third-order valence-electron chi connectivity index (χ3n) is 9.09. The van der Waals surface area contributed by atoms with E-state index in [0.29, 0.717) is 48.7 Å². The number of nitrogens with zero attached hydrogens (tertiary/aromatic N) is 4. The standard InChI is InChI=1S/C35H52N12O6S.Ni/c36-31(50)23(10-7-15-41-34(37)38)44-33(52)25(16-22-18-39-20-43-22)45-32(51)24(42-17-21-8-1-2-11-27(21)48)9-5-6-14-40-29(49)13-4-3-12-28-30-26(19-54-28)46-35(53)47-30;/h1-2,8,11,17-18,20,23-26,28,30H,3-7,9-10,12-16,19H2,(H13,36,37,38,39,40,41,42,43,44,45,46,47,48,49,50,51,52,53);/q;+2/p-2/t23-,24-,25-,26?,28?,30?;/m0./s1. The van der Waals surface area contributed by atoms with Crippen molar-refractivity contribution in [1.82, 2.24) is 36.6 Å². The molecule has 55 heavy (non-hydrogen) atoms. The van der Waals surface area contributed by atoms with Crippen molar-refractivity contribution < 1.29 is 45.6 Å². The van der Waals surface area contributed by atoms with Crippen LogP contribution >= 0.6 is 11.8 Å². The van der Waals surface area contributed by atoms with Gasteiger partial charge in [0.2, 0.25) is 23.6 Å². The van der Waals surface area contributed by atoms with E-state index in [2.05, 4.69) is 46.5 Å². The zero-order chi connectivity index (χ0) is 38.9. The van der Waals surface area contributed by atoms with Crippen molar-refractivity contribution in [3.63, 3.8) is 0 Å². The fourth-order valence-corrected chi connectivity index (χ4v) is 7.74. The molecule has 1 aromatic carbocycles. The van der Waals surface area contributed by atoms with Gasteiger partial charge in [-0.05, 0) is 56.9 Å². The van der Waals surface area contributed by atoms with Gasteiger partial charge < -0.3 is 58.9 Å². The quantitative estimate of drug-likeness (QED) is 0.0213. The summed E-state index contributed by atoms with van der Waals surface area (Å²) in [5, 5.41) is 26.9.